The third-order valence-electron chi connectivity index (χ3n) is 2.78. The standard InChI is InChI=1S/C14H12ClN3/c15-11-5-7-12(8-6-11)17-14-16-9-10-3-1-2-4-13(10)18-14/h1-8H,9H2,(H2,16,17,18). The second kappa shape index (κ2) is 4.70. The molecule has 90 valence electrons. The molecular weight excluding hydrogens is 246 g/mol. The van der Waals surface area contributed by atoms with Gasteiger partial charge in [0.2, 0.25) is 5.96 Å². The Bertz CT molecular complexity index is 590. The van der Waals surface area contributed by atoms with Crippen molar-refractivity contribution in [3.05, 3.63) is 59.1 Å². The van der Waals surface area contributed by atoms with Crippen LogP contribution in [-0.4, -0.2) is 5.96 Å². The number of benzene rings is 2. The molecule has 2 aromatic carbocycles. The molecule has 1 aliphatic heterocycles. The molecule has 1 heterocycles. The van der Waals surface area contributed by atoms with Gasteiger partial charge in [0, 0.05) is 17.3 Å². The van der Waals surface area contributed by atoms with Gasteiger partial charge in [-0.25, -0.2) is 4.99 Å². The van der Waals surface area contributed by atoms with E-state index in [-0.39, 0.29) is 0 Å². The molecular formula is C14H12ClN3. The number of nitrogens with one attached hydrogen (secondary N) is 2. The number of hydrogen-bond acceptors (Lipinski definition) is 3. The number of aliphatic imine (C=N–C) groups is 1. The van der Waals surface area contributed by atoms with Crippen molar-refractivity contribution >= 4 is 28.9 Å². The van der Waals surface area contributed by atoms with E-state index in [4.69, 9.17) is 11.6 Å². The van der Waals surface area contributed by atoms with Gasteiger partial charge in [-0.15, -0.1) is 0 Å². The highest BCUT2D eigenvalue weighted by molar-refractivity contribution is 6.30. The molecule has 0 atom stereocenters. The lowest BCUT2D eigenvalue weighted by molar-refractivity contribution is 0.889. The Balaban J connectivity index is 1.83. The van der Waals surface area contributed by atoms with E-state index in [0.717, 1.165) is 28.9 Å². The molecule has 0 radical (unpaired) electrons. The maximum Gasteiger partial charge on any atom is 0.201 e. The maximum absolute atomic E-state index is 5.85. The second-order valence-corrected chi connectivity index (χ2v) is 4.51. The van der Waals surface area contributed by atoms with Crippen molar-refractivity contribution in [2.75, 3.05) is 5.32 Å². The summed E-state index contributed by atoms with van der Waals surface area (Å²) in [5, 5.41) is 7.20. The van der Waals surface area contributed by atoms with E-state index in [1.807, 2.05) is 42.5 Å². The summed E-state index contributed by atoms with van der Waals surface area (Å²) in [6.45, 7) is 0.787. The molecule has 0 amide bonds. The van der Waals surface area contributed by atoms with Crippen LogP contribution < -0.4 is 10.6 Å². The summed E-state index contributed by atoms with van der Waals surface area (Å²) in [4.78, 5) is 4.52. The Morgan fingerprint density at radius 1 is 1.06 bits per heavy atom. The first-order valence-electron chi connectivity index (χ1n) is 5.74. The van der Waals surface area contributed by atoms with Gasteiger partial charge in [-0.3, -0.25) is 0 Å². The van der Waals surface area contributed by atoms with Gasteiger partial charge in [0.25, 0.3) is 0 Å². The summed E-state index contributed by atoms with van der Waals surface area (Å²) < 4.78 is 0. The highest BCUT2D eigenvalue weighted by Crippen LogP contribution is 2.22. The fraction of sp³-hybridized carbons (Fsp3) is 0.0714. The molecule has 0 aliphatic carbocycles. The zero-order valence-electron chi connectivity index (χ0n) is 9.65. The number of fused-ring (bicyclic) bond motifs is 1. The van der Waals surface area contributed by atoms with Crippen molar-refractivity contribution in [1.82, 2.24) is 5.32 Å². The van der Waals surface area contributed by atoms with E-state index in [1.54, 1.807) is 0 Å². The SMILES string of the molecule is Clc1ccc(NC2=Nc3ccccc3CN2)cc1. The minimum absolute atomic E-state index is 0.726. The predicted octanol–water partition coefficient (Wildman–Crippen LogP) is 3.54. The molecule has 3 rings (SSSR count). The van der Waals surface area contributed by atoms with Crippen LogP contribution >= 0.6 is 11.6 Å². The zero-order chi connectivity index (χ0) is 12.4. The van der Waals surface area contributed by atoms with Crippen molar-refractivity contribution in [3.8, 4) is 0 Å². The van der Waals surface area contributed by atoms with E-state index < -0.39 is 0 Å². The Morgan fingerprint density at radius 3 is 2.67 bits per heavy atom. The van der Waals surface area contributed by atoms with Gasteiger partial charge in [0.1, 0.15) is 0 Å². The molecule has 0 spiro atoms. The lowest BCUT2D eigenvalue weighted by Crippen LogP contribution is -2.32. The predicted molar refractivity (Wildman–Crippen MR) is 75.5 cm³/mol. The number of guanidine groups is 1. The topological polar surface area (TPSA) is 36.4 Å². The Hall–Kier alpha value is -2.00. The normalized spacial score (nSPS) is 13.3. The summed E-state index contributed by atoms with van der Waals surface area (Å²) in [5.41, 5.74) is 3.18. The first-order valence-corrected chi connectivity index (χ1v) is 6.12. The molecule has 18 heavy (non-hydrogen) atoms. The maximum atomic E-state index is 5.85. The number of hydrogen-bond donors (Lipinski definition) is 2. The van der Waals surface area contributed by atoms with Gasteiger partial charge < -0.3 is 10.6 Å². The highest BCUT2D eigenvalue weighted by atomic mass is 35.5. The summed E-state index contributed by atoms with van der Waals surface area (Å²) in [5.74, 6) is 0.760. The average molecular weight is 258 g/mol. The van der Waals surface area contributed by atoms with Crippen LogP contribution in [0.2, 0.25) is 5.02 Å². The van der Waals surface area contributed by atoms with Crippen LogP contribution in [-0.2, 0) is 6.54 Å². The molecule has 2 aromatic rings. The molecule has 0 aromatic heterocycles. The number of nitrogens with zero attached hydrogens (tertiary/aromatic N) is 1. The summed E-state index contributed by atoms with van der Waals surface area (Å²) in [6, 6.07) is 15.6. The summed E-state index contributed by atoms with van der Waals surface area (Å²) in [6.07, 6.45) is 0. The van der Waals surface area contributed by atoms with Crippen LogP contribution in [0.25, 0.3) is 0 Å². The second-order valence-electron chi connectivity index (χ2n) is 4.07. The van der Waals surface area contributed by atoms with Crippen LogP contribution in [0.4, 0.5) is 11.4 Å². The van der Waals surface area contributed by atoms with Gasteiger partial charge in [0.15, 0.2) is 0 Å². The molecule has 0 unspecified atom stereocenters. The first-order chi connectivity index (χ1) is 8.81. The third kappa shape index (κ3) is 2.31. The lowest BCUT2D eigenvalue weighted by Gasteiger charge is -2.18. The fourth-order valence-corrected chi connectivity index (χ4v) is 1.98. The number of halogens is 1. The third-order valence-corrected chi connectivity index (χ3v) is 3.03. The van der Waals surface area contributed by atoms with Crippen LogP contribution in [0.1, 0.15) is 5.56 Å². The monoisotopic (exact) mass is 257 g/mol. The van der Waals surface area contributed by atoms with E-state index >= 15 is 0 Å². The van der Waals surface area contributed by atoms with E-state index in [2.05, 4.69) is 21.7 Å². The van der Waals surface area contributed by atoms with Gasteiger partial charge in [0.05, 0.1) is 5.69 Å². The summed E-state index contributed by atoms with van der Waals surface area (Å²) in [7, 11) is 0. The minimum Gasteiger partial charge on any atom is -0.352 e. The van der Waals surface area contributed by atoms with Crippen LogP contribution in [0.5, 0.6) is 0 Å². The Morgan fingerprint density at radius 2 is 1.83 bits per heavy atom. The molecule has 3 nitrogen and oxygen atoms in total. The smallest absolute Gasteiger partial charge is 0.201 e. The zero-order valence-corrected chi connectivity index (χ0v) is 10.4. The molecule has 0 fully saturated rings. The molecule has 2 N–H and O–H groups in total. The van der Waals surface area contributed by atoms with Crippen molar-refractivity contribution in [3.63, 3.8) is 0 Å². The minimum atomic E-state index is 0.726. The molecule has 4 heteroatoms. The number of anilines is 1. The van der Waals surface area contributed by atoms with Crippen molar-refractivity contribution in [2.24, 2.45) is 4.99 Å². The molecule has 0 bridgehead atoms. The lowest BCUT2D eigenvalue weighted by atomic mass is 10.1. The van der Waals surface area contributed by atoms with Gasteiger partial charge in [-0.2, -0.15) is 0 Å². The quantitative estimate of drug-likeness (QED) is 0.820. The molecule has 0 saturated carbocycles. The molecule has 0 saturated heterocycles. The number of para-hydroxylation sites is 1. The Kier molecular flexibility index (Phi) is 2.90. The van der Waals surface area contributed by atoms with E-state index in [9.17, 15) is 0 Å². The average Bonchev–Trinajstić information content (AvgIpc) is 2.41. The van der Waals surface area contributed by atoms with Gasteiger partial charge in [-0.1, -0.05) is 29.8 Å². The number of rotatable bonds is 1. The molecule has 1 aliphatic rings. The Labute approximate surface area is 111 Å². The highest BCUT2D eigenvalue weighted by Gasteiger charge is 2.09. The van der Waals surface area contributed by atoms with Crippen molar-refractivity contribution < 1.29 is 0 Å². The fourth-order valence-electron chi connectivity index (χ4n) is 1.85. The largest absolute Gasteiger partial charge is 0.352 e. The van der Waals surface area contributed by atoms with E-state index in [0.29, 0.717) is 0 Å². The van der Waals surface area contributed by atoms with Crippen LogP contribution in [0, 0.1) is 0 Å². The van der Waals surface area contributed by atoms with Gasteiger partial charge in [-0.05, 0) is 35.9 Å². The van der Waals surface area contributed by atoms with Crippen LogP contribution in [0.15, 0.2) is 53.5 Å². The van der Waals surface area contributed by atoms with Gasteiger partial charge >= 0.3 is 0 Å². The van der Waals surface area contributed by atoms with Crippen molar-refractivity contribution in [1.29, 1.82) is 0 Å². The summed E-state index contributed by atoms with van der Waals surface area (Å²) >= 11 is 5.85. The first kappa shape index (κ1) is 11.1. The van der Waals surface area contributed by atoms with E-state index in [1.165, 1.54) is 5.56 Å². The van der Waals surface area contributed by atoms with Crippen LogP contribution in [0.3, 0.4) is 0 Å². The van der Waals surface area contributed by atoms with Crippen molar-refractivity contribution in [2.45, 2.75) is 6.54 Å².